The molecule has 2 aromatic heterocycles. The Morgan fingerprint density at radius 2 is 1.86 bits per heavy atom. The summed E-state index contributed by atoms with van der Waals surface area (Å²) in [6, 6.07) is 8.03. The number of carbonyl (C=O) groups excluding carboxylic acids is 1. The third-order valence-corrected chi connectivity index (χ3v) is 5.43. The van der Waals surface area contributed by atoms with Crippen molar-refractivity contribution in [1.82, 2.24) is 14.8 Å². The number of carbonyl (C=O) groups is 1. The monoisotopic (exact) mass is 392 g/mol. The number of nitrogens with zero attached hydrogens (tertiary/aromatic N) is 3. The highest BCUT2D eigenvalue weighted by atomic mass is 16.1. The number of hydrogen-bond donors (Lipinski definition) is 1. The van der Waals surface area contributed by atoms with Crippen LogP contribution in [0.2, 0.25) is 0 Å². The minimum absolute atomic E-state index is 0.0271. The molecule has 2 heterocycles. The molecule has 5 heteroatoms. The van der Waals surface area contributed by atoms with Crippen LogP contribution in [0.15, 0.2) is 24.3 Å². The molecule has 154 valence electrons. The zero-order valence-corrected chi connectivity index (χ0v) is 18.7. The standard InChI is InChI=1S/C24H32N4O/c1-8-18-10-9-11-19(14-18)26-21(29)13-12-20-15(2)22-17(4)27-28(24(5,6)7)23(22)25-16(20)3/h9-11,14H,8,12-13H2,1-7H3,(H,26,29). The molecule has 3 aromatic rings. The summed E-state index contributed by atoms with van der Waals surface area (Å²) >= 11 is 0. The van der Waals surface area contributed by atoms with E-state index in [2.05, 4.69) is 46.0 Å². The second-order valence-corrected chi connectivity index (χ2v) is 8.77. The van der Waals surface area contributed by atoms with Crippen LogP contribution in [-0.2, 0) is 23.2 Å². The molecule has 0 saturated carbocycles. The molecular weight excluding hydrogens is 360 g/mol. The molecule has 0 unspecified atom stereocenters. The average molecular weight is 393 g/mol. The van der Waals surface area contributed by atoms with Crippen LogP contribution in [0.3, 0.4) is 0 Å². The van der Waals surface area contributed by atoms with E-state index in [1.54, 1.807) is 0 Å². The van der Waals surface area contributed by atoms with E-state index >= 15 is 0 Å². The van der Waals surface area contributed by atoms with Gasteiger partial charge in [-0.25, -0.2) is 9.67 Å². The van der Waals surface area contributed by atoms with Crippen LogP contribution in [0.25, 0.3) is 11.0 Å². The van der Waals surface area contributed by atoms with Crippen molar-refractivity contribution in [2.24, 2.45) is 0 Å². The predicted molar refractivity (Wildman–Crippen MR) is 120 cm³/mol. The third-order valence-electron chi connectivity index (χ3n) is 5.43. The lowest BCUT2D eigenvalue weighted by Crippen LogP contribution is -2.23. The van der Waals surface area contributed by atoms with E-state index < -0.39 is 0 Å². The fourth-order valence-electron chi connectivity index (χ4n) is 3.87. The smallest absolute Gasteiger partial charge is 0.224 e. The Balaban J connectivity index is 1.83. The minimum Gasteiger partial charge on any atom is -0.326 e. The number of rotatable bonds is 5. The highest BCUT2D eigenvalue weighted by molar-refractivity contribution is 5.91. The molecule has 0 aliphatic rings. The van der Waals surface area contributed by atoms with Gasteiger partial charge >= 0.3 is 0 Å². The first-order valence-corrected chi connectivity index (χ1v) is 10.4. The summed E-state index contributed by atoms with van der Waals surface area (Å²) in [6.45, 7) is 14.7. The molecule has 5 nitrogen and oxygen atoms in total. The molecule has 29 heavy (non-hydrogen) atoms. The summed E-state index contributed by atoms with van der Waals surface area (Å²) in [5.74, 6) is 0.0271. The number of nitrogens with one attached hydrogen (secondary N) is 1. The number of aromatic nitrogens is 3. The van der Waals surface area contributed by atoms with Gasteiger partial charge in [0.25, 0.3) is 0 Å². The van der Waals surface area contributed by atoms with Gasteiger partial charge in [0.1, 0.15) is 0 Å². The van der Waals surface area contributed by atoms with Gasteiger partial charge in [-0.3, -0.25) is 4.79 Å². The van der Waals surface area contributed by atoms with E-state index in [0.29, 0.717) is 12.8 Å². The molecule has 1 aromatic carbocycles. The van der Waals surface area contributed by atoms with Gasteiger partial charge < -0.3 is 5.32 Å². The van der Waals surface area contributed by atoms with Crippen LogP contribution >= 0.6 is 0 Å². The summed E-state index contributed by atoms with van der Waals surface area (Å²) in [7, 11) is 0. The zero-order valence-electron chi connectivity index (χ0n) is 18.7. The molecule has 0 aliphatic heterocycles. The fraction of sp³-hybridized carbons (Fsp3) is 0.458. The summed E-state index contributed by atoms with van der Waals surface area (Å²) in [6.07, 6.45) is 2.05. The van der Waals surface area contributed by atoms with Gasteiger partial charge in [-0.1, -0.05) is 19.1 Å². The quantitative estimate of drug-likeness (QED) is 0.645. The van der Waals surface area contributed by atoms with E-state index in [1.807, 2.05) is 36.7 Å². The fourth-order valence-corrected chi connectivity index (χ4v) is 3.87. The Kier molecular flexibility index (Phi) is 5.78. The van der Waals surface area contributed by atoms with Crippen molar-refractivity contribution >= 4 is 22.6 Å². The van der Waals surface area contributed by atoms with Crippen molar-refractivity contribution in [3.05, 3.63) is 52.3 Å². The van der Waals surface area contributed by atoms with Crippen molar-refractivity contribution in [2.75, 3.05) is 5.32 Å². The number of anilines is 1. The first-order valence-electron chi connectivity index (χ1n) is 10.4. The maximum Gasteiger partial charge on any atom is 0.224 e. The molecule has 1 N–H and O–H groups in total. The molecule has 1 amide bonds. The van der Waals surface area contributed by atoms with Gasteiger partial charge in [-0.15, -0.1) is 0 Å². The van der Waals surface area contributed by atoms with Crippen LogP contribution in [0.5, 0.6) is 0 Å². The number of fused-ring (bicyclic) bond motifs is 1. The molecule has 0 atom stereocenters. The van der Waals surface area contributed by atoms with Crippen LogP contribution in [0.4, 0.5) is 5.69 Å². The van der Waals surface area contributed by atoms with Crippen molar-refractivity contribution in [3.63, 3.8) is 0 Å². The number of aryl methyl sites for hydroxylation is 4. The second-order valence-electron chi connectivity index (χ2n) is 8.77. The predicted octanol–water partition coefficient (Wildman–Crippen LogP) is 5.25. The van der Waals surface area contributed by atoms with Gasteiger partial charge in [0.05, 0.1) is 11.2 Å². The molecule has 0 radical (unpaired) electrons. The number of pyridine rings is 1. The average Bonchev–Trinajstić information content (AvgIpc) is 2.98. The van der Waals surface area contributed by atoms with E-state index in [0.717, 1.165) is 40.1 Å². The second kappa shape index (κ2) is 7.97. The molecule has 0 aliphatic carbocycles. The van der Waals surface area contributed by atoms with Gasteiger partial charge in [-0.2, -0.15) is 5.10 Å². The Morgan fingerprint density at radius 3 is 2.52 bits per heavy atom. The lowest BCUT2D eigenvalue weighted by atomic mass is 9.99. The molecule has 0 bridgehead atoms. The summed E-state index contributed by atoms with van der Waals surface area (Å²) < 4.78 is 2.01. The van der Waals surface area contributed by atoms with E-state index in [1.165, 1.54) is 11.1 Å². The van der Waals surface area contributed by atoms with Crippen LogP contribution in [0.1, 0.15) is 62.2 Å². The minimum atomic E-state index is -0.132. The SMILES string of the molecule is CCc1cccc(NC(=O)CCc2c(C)nc3c(c(C)nn3C(C)(C)C)c2C)c1. The molecular formula is C24H32N4O. The van der Waals surface area contributed by atoms with Gasteiger partial charge in [0.15, 0.2) is 5.65 Å². The van der Waals surface area contributed by atoms with Crippen LogP contribution in [0, 0.1) is 20.8 Å². The zero-order chi connectivity index (χ0) is 21.3. The number of amides is 1. The summed E-state index contributed by atoms with van der Waals surface area (Å²) in [5.41, 5.74) is 7.16. The van der Waals surface area contributed by atoms with Crippen molar-refractivity contribution in [1.29, 1.82) is 0 Å². The van der Waals surface area contributed by atoms with E-state index in [9.17, 15) is 4.79 Å². The Hall–Kier alpha value is -2.69. The summed E-state index contributed by atoms with van der Waals surface area (Å²) in [5, 5.41) is 8.88. The lowest BCUT2D eigenvalue weighted by Gasteiger charge is -2.20. The molecule has 3 rings (SSSR count). The van der Waals surface area contributed by atoms with Crippen molar-refractivity contribution < 1.29 is 4.79 Å². The first-order chi connectivity index (χ1) is 13.6. The molecule has 0 fully saturated rings. The van der Waals surface area contributed by atoms with Crippen LogP contribution < -0.4 is 5.32 Å². The normalized spacial score (nSPS) is 11.8. The van der Waals surface area contributed by atoms with E-state index in [4.69, 9.17) is 10.1 Å². The van der Waals surface area contributed by atoms with E-state index in [-0.39, 0.29) is 11.4 Å². The van der Waals surface area contributed by atoms with Gasteiger partial charge in [0.2, 0.25) is 5.91 Å². The lowest BCUT2D eigenvalue weighted by molar-refractivity contribution is -0.116. The van der Waals surface area contributed by atoms with Crippen molar-refractivity contribution in [2.45, 2.75) is 73.3 Å². The maximum atomic E-state index is 12.5. The Bertz CT molecular complexity index is 1060. The number of hydrogen-bond acceptors (Lipinski definition) is 3. The van der Waals surface area contributed by atoms with Crippen molar-refractivity contribution in [3.8, 4) is 0 Å². The maximum absolute atomic E-state index is 12.5. The highest BCUT2D eigenvalue weighted by Crippen LogP contribution is 2.29. The third kappa shape index (κ3) is 4.34. The molecule has 0 saturated heterocycles. The summed E-state index contributed by atoms with van der Waals surface area (Å²) in [4.78, 5) is 17.4. The Labute approximate surface area is 173 Å². The largest absolute Gasteiger partial charge is 0.326 e. The topological polar surface area (TPSA) is 59.8 Å². The van der Waals surface area contributed by atoms with Gasteiger partial charge in [0, 0.05) is 23.2 Å². The number of benzene rings is 1. The molecule has 0 spiro atoms. The highest BCUT2D eigenvalue weighted by Gasteiger charge is 2.23. The first kappa shape index (κ1) is 21.0. The Morgan fingerprint density at radius 1 is 1.14 bits per heavy atom. The van der Waals surface area contributed by atoms with Gasteiger partial charge in [-0.05, 0) is 83.2 Å². The van der Waals surface area contributed by atoms with Crippen LogP contribution in [-0.4, -0.2) is 20.7 Å².